The number of benzene rings is 2. The van der Waals surface area contributed by atoms with Gasteiger partial charge >= 0.3 is 0 Å². The molecule has 0 atom stereocenters. The maximum Gasteiger partial charge on any atom is 0.248 e. The van der Waals surface area contributed by atoms with Crippen LogP contribution in [0.3, 0.4) is 0 Å². The SMILES string of the molecule is COc1ccc(OC)c(/C=C/C(=O)Nc2cccc(-c3nnc4ccccn34)c2)c1. The van der Waals surface area contributed by atoms with E-state index in [0.29, 0.717) is 23.0 Å². The number of aromatic nitrogens is 3. The van der Waals surface area contributed by atoms with Gasteiger partial charge in [0, 0.05) is 29.1 Å². The Bertz CT molecular complexity index is 1230. The summed E-state index contributed by atoms with van der Waals surface area (Å²) in [4.78, 5) is 12.4. The van der Waals surface area contributed by atoms with Crippen LogP contribution in [0.5, 0.6) is 11.5 Å². The second-order valence-corrected chi connectivity index (χ2v) is 6.46. The third-order valence-corrected chi connectivity index (χ3v) is 4.55. The zero-order valence-electron chi connectivity index (χ0n) is 16.6. The maximum absolute atomic E-state index is 12.4. The van der Waals surface area contributed by atoms with Gasteiger partial charge in [-0.15, -0.1) is 10.2 Å². The zero-order valence-corrected chi connectivity index (χ0v) is 16.6. The highest BCUT2D eigenvalue weighted by atomic mass is 16.5. The third-order valence-electron chi connectivity index (χ3n) is 4.55. The molecule has 0 unspecified atom stereocenters. The molecule has 7 nitrogen and oxygen atoms in total. The molecule has 2 aromatic carbocycles. The van der Waals surface area contributed by atoms with E-state index in [4.69, 9.17) is 9.47 Å². The molecule has 1 amide bonds. The van der Waals surface area contributed by atoms with E-state index in [0.717, 1.165) is 16.8 Å². The summed E-state index contributed by atoms with van der Waals surface area (Å²) in [7, 11) is 3.17. The van der Waals surface area contributed by atoms with Crippen LogP contribution in [0.15, 0.2) is 72.9 Å². The summed E-state index contributed by atoms with van der Waals surface area (Å²) < 4.78 is 12.5. The second-order valence-electron chi connectivity index (χ2n) is 6.46. The molecule has 30 heavy (non-hydrogen) atoms. The van der Waals surface area contributed by atoms with Crippen LogP contribution in [0.25, 0.3) is 23.1 Å². The maximum atomic E-state index is 12.4. The van der Waals surface area contributed by atoms with Crippen LogP contribution in [0.2, 0.25) is 0 Å². The Hall–Kier alpha value is -4.13. The molecule has 150 valence electrons. The lowest BCUT2D eigenvalue weighted by Gasteiger charge is -2.07. The van der Waals surface area contributed by atoms with E-state index in [1.807, 2.05) is 53.1 Å². The molecule has 0 fully saturated rings. The fourth-order valence-electron chi connectivity index (χ4n) is 3.09. The van der Waals surface area contributed by atoms with Crippen molar-refractivity contribution < 1.29 is 14.3 Å². The standard InChI is InChI=1S/C23H20N4O3/c1-29-19-10-11-20(30-2)16(15-19)9-12-22(28)24-18-7-5-6-17(14-18)23-26-25-21-8-3-4-13-27(21)23/h3-15H,1-2H3,(H,24,28)/b12-9+. The summed E-state index contributed by atoms with van der Waals surface area (Å²) in [5.41, 5.74) is 3.02. The van der Waals surface area contributed by atoms with Crippen LogP contribution >= 0.6 is 0 Å². The molecular formula is C23H20N4O3. The summed E-state index contributed by atoms with van der Waals surface area (Å²) in [6.07, 6.45) is 5.04. The highest BCUT2D eigenvalue weighted by molar-refractivity contribution is 6.02. The number of carbonyl (C=O) groups is 1. The Kier molecular flexibility index (Phi) is 5.43. The first-order chi connectivity index (χ1) is 14.7. The van der Waals surface area contributed by atoms with E-state index in [1.54, 1.807) is 38.5 Å². The lowest BCUT2D eigenvalue weighted by Crippen LogP contribution is -2.07. The Labute approximate surface area is 173 Å². The van der Waals surface area contributed by atoms with Crippen molar-refractivity contribution in [2.75, 3.05) is 19.5 Å². The first-order valence-corrected chi connectivity index (χ1v) is 9.29. The van der Waals surface area contributed by atoms with Gasteiger partial charge in [0.05, 0.1) is 14.2 Å². The number of nitrogens with zero attached hydrogens (tertiary/aromatic N) is 3. The summed E-state index contributed by atoms with van der Waals surface area (Å²) in [6, 6.07) is 18.6. The van der Waals surface area contributed by atoms with Crippen molar-refractivity contribution in [3.63, 3.8) is 0 Å². The quantitative estimate of drug-likeness (QED) is 0.494. The van der Waals surface area contributed by atoms with Gasteiger partial charge in [0.2, 0.25) is 5.91 Å². The number of rotatable bonds is 6. The predicted molar refractivity (Wildman–Crippen MR) is 116 cm³/mol. The summed E-state index contributed by atoms with van der Waals surface area (Å²) >= 11 is 0. The lowest BCUT2D eigenvalue weighted by molar-refractivity contribution is -0.111. The monoisotopic (exact) mass is 400 g/mol. The van der Waals surface area contributed by atoms with Crippen molar-refractivity contribution in [3.8, 4) is 22.9 Å². The van der Waals surface area contributed by atoms with Gasteiger partial charge in [-0.3, -0.25) is 9.20 Å². The van der Waals surface area contributed by atoms with Gasteiger partial charge in [0.15, 0.2) is 11.5 Å². The van der Waals surface area contributed by atoms with E-state index < -0.39 is 0 Å². The Balaban J connectivity index is 1.53. The van der Waals surface area contributed by atoms with Crippen LogP contribution in [-0.4, -0.2) is 34.7 Å². The van der Waals surface area contributed by atoms with E-state index in [2.05, 4.69) is 15.5 Å². The molecular weight excluding hydrogens is 380 g/mol. The minimum absolute atomic E-state index is 0.261. The molecule has 2 aromatic heterocycles. The number of hydrogen-bond donors (Lipinski definition) is 1. The highest BCUT2D eigenvalue weighted by Gasteiger charge is 2.09. The van der Waals surface area contributed by atoms with Crippen molar-refractivity contribution in [1.29, 1.82) is 0 Å². The molecule has 0 saturated carbocycles. The molecule has 0 spiro atoms. The Morgan fingerprint density at radius 1 is 1.00 bits per heavy atom. The van der Waals surface area contributed by atoms with Crippen molar-refractivity contribution >= 4 is 23.3 Å². The molecule has 0 aliphatic rings. The third kappa shape index (κ3) is 4.00. The van der Waals surface area contributed by atoms with Gasteiger partial charge in [0.25, 0.3) is 0 Å². The summed E-state index contributed by atoms with van der Waals surface area (Å²) in [5.74, 6) is 1.78. The number of pyridine rings is 1. The number of ether oxygens (including phenoxy) is 2. The van der Waals surface area contributed by atoms with E-state index in [1.165, 1.54) is 6.08 Å². The fraction of sp³-hybridized carbons (Fsp3) is 0.0870. The fourth-order valence-corrected chi connectivity index (χ4v) is 3.09. The van der Waals surface area contributed by atoms with Crippen molar-refractivity contribution in [2.24, 2.45) is 0 Å². The van der Waals surface area contributed by atoms with Crippen molar-refractivity contribution in [2.45, 2.75) is 0 Å². The Morgan fingerprint density at radius 2 is 1.90 bits per heavy atom. The number of amides is 1. The molecule has 1 N–H and O–H groups in total. The number of methoxy groups -OCH3 is 2. The van der Waals surface area contributed by atoms with Gasteiger partial charge in [-0.05, 0) is 48.5 Å². The van der Waals surface area contributed by atoms with Gasteiger partial charge < -0.3 is 14.8 Å². The number of carbonyl (C=O) groups excluding carboxylic acids is 1. The molecule has 0 radical (unpaired) electrons. The van der Waals surface area contributed by atoms with Crippen LogP contribution < -0.4 is 14.8 Å². The first kappa shape index (κ1) is 19.2. The van der Waals surface area contributed by atoms with Crippen LogP contribution in [0.1, 0.15) is 5.56 Å². The first-order valence-electron chi connectivity index (χ1n) is 9.29. The number of nitrogens with one attached hydrogen (secondary N) is 1. The largest absolute Gasteiger partial charge is 0.497 e. The minimum Gasteiger partial charge on any atom is -0.497 e. The molecule has 0 bridgehead atoms. The number of anilines is 1. The van der Waals surface area contributed by atoms with Gasteiger partial charge in [0.1, 0.15) is 11.5 Å². The molecule has 0 aliphatic heterocycles. The van der Waals surface area contributed by atoms with Crippen LogP contribution in [-0.2, 0) is 4.79 Å². The minimum atomic E-state index is -0.261. The lowest BCUT2D eigenvalue weighted by atomic mass is 10.1. The average molecular weight is 400 g/mol. The molecule has 0 saturated heterocycles. The van der Waals surface area contributed by atoms with Gasteiger partial charge in [-0.2, -0.15) is 0 Å². The molecule has 2 heterocycles. The Morgan fingerprint density at radius 3 is 2.73 bits per heavy atom. The van der Waals surface area contributed by atoms with Gasteiger partial charge in [-0.25, -0.2) is 0 Å². The summed E-state index contributed by atoms with van der Waals surface area (Å²) in [5, 5.41) is 11.3. The van der Waals surface area contributed by atoms with Crippen LogP contribution in [0, 0.1) is 0 Å². The number of hydrogen-bond acceptors (Lipinski definition) is 5. The normalized spacial score (nSPS) is 11.0. The van der Waals surface area contributed by atoms with E-state index in [-0.39, 0.29) is 5.91 Å². The average Bonchev–Trinajstić information content (AvgIpc) is 3.22. The van der Waals surface area contributed by atoms with E-state index in [9.17, 15) is 4.79 Å². The van der Waals surface area contributed by atoms with Crippen molar-refractivity contribution in [1.82, 2.24) is 14.6 Å². The van der Waals surface area contributed by atoms with Gasteiger partial charge in [-0.1, -0.05) is 18.2 Å². The highest BCUT2D eigenvalue weighted by Crippen LogP contribution is 2.25. The zero-order chi connectivity index (χ0) is 20.9. The smallest absolute Gasteiger partial charge is 0.248 e. The second kappa shape index (κ2) is 8.48. The molecule has 4 aromatic rings. The molecule has 0 aliphatic carbocycles. The van der Waals surface area contributed by atoms with Crippen LogP contribution in [0.4, 0.5) is 5.69 Å². The predicted octanol–water partition coefficient (Wildman–Crippen LogP) is 4.07. The summed E-state index contributed by atoms with van der Waals surface area (Å²) in [6.45, 7) is 0. The molecule has 7 heteroatoms. The van der Waals surface area contributed by atoms with Crippen molar-refractivity contribution in [3.05, 3.63) is 78.5 Å². The molecule has 4 rings (SSSR count). The topological polar surface area (TPSA) is 77.8 Å². The van der Waals surface area contributed by atoms with E-state index >= 15 is 0 Å². The number of fused-ring (bicyclic) bond motifs is 1.